The van der Waals surface area contributed by atoms with Crippen LogP contribution in [0.1, 0.15) is 25.8 Å². The van der Waals surface area contributed by atoms with E-state index in [2.05, 4.69) is 5.32 Å². The molecule has 1 aromatic carbocycles. The number of aliphatic carboxylic acids is 1. The number of benzene rings is 1. The number of halogens is 1. The van der Waals surface area contributed by atoms with Gasteiger partial charge in [-0.2, -0.15) is 0 Å². The Balaban J connectivity index is 2.47. The van der Waals surface area contributed by atoms with Gasteiger partial charge in [-0.25, -0.2) is 4.39 Å². The van der Waals surface area contributed by atoms with Crippen molar-refractivity contribution < 1.29 is 19.1 Å². The van der Waals surface area contributed by atoms with E-state index < -0.39 is 12.0 Å². The SMILES string of the molecule is CC(CCc1ccccc1F)C(=O)N[C@H](C)C(=O)O. The molecule has 0 radical (unpaired) electrons. The Kier molecular flexibility index (Phi) is 5.48. The van der Waals surface area contributed by atoms with Gasteiger partial charge in [0, 0.05) is 5.92 Å². The van der Waals surface area contributed by atoms with Crippen molar-refractivity contribution in [3.05, 3.63) is 35.6 Å². The van der Waals surface area contributed by atoms with Crippen LogP contribution in [0.4, 0.5) is 4.39 Å². The number of carboxylic acids is 1. The van der Waals surface area contributed by atoms with Gasteiger partial charge in [-0.15, -0.1) is 0 Å². The summed E-state index contributed by atoms with van der Waals surface area (Å²) in [5, 5.41) is 11.1. The average Bonchev–Trinajstić information content (AvgIpc) is 2.37. The van der Waals surface area contributed by atoms with Crippen molar-refractivity contribution in [3.63, 3.8) is 0 Å². The molecule has 104 valence electrons. The van der Waals surface area contributed by atoms with Crippen LogP contribution in [0.2, 0.25) is 0 Å². The predicted octanol–water partition coefficient (Wildman–Crippen LogP) is 1.98. The first-order valence-electron chi connectivity index (χ1n) is 6.18. The van der Waals surface area contributed by atoms with E-state index in [-0.39, 0.29) is 17.6 Å². The fourth-order valence-corrected chi connectivity index (χ4v) is 1.62. The monoisotopic (exact) mass is 267 g/mol. The average molecular weight is 267 g/mol. The summed E-state index contributed by atoms with van der Waals surface area (Å²) in [7, 11) is 0. The highest BCUT2D eigenvalue weighted by Crippen LogP contribution is 2.13. The third-order valence-electron chi connectivity index (χ3n) is 2.98. The minimum absolute atomic E-state index is 0.283. The number of nitrogens with one attached hydrogen (secondary N) is 1. The van der Waals surface area contributed by atoms with E-state index in [4.69, 9.17) is 5.11 Å². The van der Waals surface area contributed by atoms with Crippen LogP contribution in [0.15, 0.2) is 24.3 Å². The number of carbonyl (C=O) groups excluding carboxylic acids is 1. The molecule has 0 bridgehead atoms. The number of aryl methyl sites for hydroxylation is 1. The molecule has 0 saturated heterocycles. The maximum absolute atomic E-state index is 13.4. The summed E-state index contributed by atoms with van der Waals surface area (Å²) in [6.45, 7) is 3.11. The minimum Gasteiger partial charge on any atom is -0.480 e. The molecular formula is C14H18FNO3. The second kappa shape index (κ2) is 6.87. The van der Waals surface area contributed by atoms with Gasteiger partial charge in [0.15, 0.2) is 0 Å². The zero-order chi connectivity index (χ0) is 14.4. The van der Waals surface area contributed by atoms with Gasteiger partial charge in [0.25, 0.3) is 0 Å². The molecule has 2 N–H and O–H groups in total. The number of hydrogen-bond donors (Lipinski definition) is 2. The molecule has 2 atom stereocenters. The van der Waals surface area contributed by atoms with E-state index in [1.807, 2.05) is 0 Å². The van der Waals surface area contributed by atoms with Gasteiger partial charge in [-0.1, -0.05) is 25.1 Å². The molecule has 0 aliphatic carbocycles. The van der Waals surface area contributed by atoms with Crippen LogP contribution in [0, 0.1) is 11.7 Å². The van der Waals surface area contributed by atoms with Gasteiger partial charge in [-0.05, 0) is 31.4 Å². The summed E-state index contributed by atoms with van der Waals surface area (Å²) in [6.07, 6.45) is 0.918. The van der Waals surface area contributed by atoms with E-state index in [0.717, 1.165) is 0 Å². The zero-order valence-electron chi connectivity index (χ0n) is 11.0. The van der Waals surface area contributed by atoms with E-state index in [0.29, 0.717) is 18.4 Å². The van der Waals surface area contributed by atoms with Gasteiger partial charge in [0.2, 0.25) is 5.91 Å². The molecule has 1 rings (SSSR count). The fourth-order valence-electron chi connectivity index (χ4n) is 1.62. The molecule has 5 heteroatoms. The third kappa shape index (κ3) is 4.69. The van der Waals surface area contributed by atoms with Crippen molar-refractivity contribution in [2.45, 2.75) is 32.7 Å². The van der Waals surface area contributed by atoms with Crippen molar-refractivity contribution in [2.24, 2.45) is 5.92 Å². The Morgan fingerprint density at radius 1 is 1.32 bits per heavy atom. The van der Waals surface area contributed by atoms with Crippen molar-refractivity contribution in [1.82, 2.24) is 5.32 Å². The van der Waals surface area contributed by atoms with Crippen LogP contribution in [0.25, 0.3) is 0 Å². The van der Waals surface area contributed by atoms with Gasteiger partial charge in [-0.3, -0.25) is 9.59 Å². The number of carboxylic acid groups (broad SMARTS) is 1. The Hall–Kier alpha value is -1.91. The van der Waals surface area contributed by atoms with Crippen molar-refractivity contribution >= 4 is 11.9 Å². The van der Waals surface area contributed by atoms with Crippen LogP contribution in [0.3, 0.4) is 0 Å². The maximum Gasteiger partial charge on any atom is 0.325 e. The molecular weight excluding hydrogens is 249 g/mol. The molecule has 4 nitrogen and oxygen atoms in total. The van der Waals surface area contributed by atoms with Crippen molar-refractivity contribution in [3.8, 4) is 0 Å². The lowest BCUT2D eigenvalue weighted by atomic mass is 10.00. The molecule has 0 heterocycles. The number of rotatable bonds is 6. The number of hydrogen-bond acceptors (Lipinski definition) is 2. The molecule has 0 fully saturated rings. The summed E-state index contributed by atoms with van der Waals surface area (Å²) in [5.74, 6) is -2.05. The largest absolute Gasteiger partial charge is 0.480 e. The first-order chi connectivity index (χ1) is 8.91. The molecule has 0 aromatic heterocycles. The van der Waals surface area contributed by atoms with E-state index in [1.54, 1.807) is 25.1 Å². The number of carbonyl (C=O) groups is 2. The lowest BCUT2D eigenvalue weighted by molar-refractivity contribution is -0.141. The summed E-state index contributed by atoms with van der Waals surface area (Å²) >= 11 is 0. The Bertz CT molecular complexity index is 462. The Labute approximate surface area is 111 Å². The lowest BCUT2D eigenvalue weighted by Crippen LogP contribution is -2.41. The highest BCUT2D eigenvalue weighted by Gasteiger charge is 2.19. The third-order valence-corrected chi connectivity index (χ3v) is 2.98. The van der Waals surface area contributed by atoms with Gasteiger partial charge in [0.1, 0.15) is 11.9 Å². The van der Waals surface area contributed by atoms with Crippen LogP contribution in [0.5, 0.6) is 0 Å². The summed E-state index contributed by atoms with van der Waals surface area (Å²) < 4.78 is 13.4. The van der Waals surface area contributed by atoms with E-state index in [9.17, 15) is 14.0 Å². The van der Waals surface area contributed by atoms with Crippen molar-refractivity contribution in [2.75, 3.05) is 0 Å². The first-order valence-corrected chi connectivity index (χ1v) is 6.18. The molecule has 1 aromatic rings. The lowest BCUT2D eigenvalue weighted by Gasteiger charge is -2.14. The first kappa shape index (κ1) is 15.1. The molecule has 0 aliphatic rings. The zero-order valence-corrected chi connectivity index (χ0v) is 11.0. The van der Waals surface area contributed by atoms with Crippen LogP contribution >= 0.6 is 0 Å². The summed E-state index contributed by atoms with van der Waals surface area (Å²) in [4.78, 5) is 22.3. The summed E-state index contributed by atoms with van der Waals surface area (Å²) in [5.41, 5.74) is 0.563. The smallest absolute Gasteiger partial charge is 0.325 e. The van der Waals surface area contributed by atoms with Crippen LogP contribution in [-0.2, 0) is 16.0 Å². The van der Waals surface area contributed by atoms with Crippen molar-refractivity contribution in [1.29, 1.82) is 0 Å². The fraction of sp³-hybridized carbons (Fsp3) is 0.429. The molecule has 19 heavy (non-hydrogen) atoms. The summed E-state index contributed by atoms with van der Waals surface area (Å²) in [6, 6.07) is 5.51. The second-order valence-electron chi connectivity index (χ2n) is 4.60. The van der Waals surface area contributed by atoms with Crippen LogP contribution in [-0.4, -0.2) is 23.0 Å². The Morgan fingerprint density at radius 3 is 2.53 bits per heavy atom. The normalized spacial score (nSPS) is 13.6. The minimum atomic E-state index is -1.07. The number of amides is 1. The quantitative estimate of drug-likeness (QED) is 0.828. The predicted molar refractivity (Wildman–Crippen MR) is 69.1 cm³/mol. The molecule has 1 amide bonds. The topological polar surface area (TPSA) is 66.4 Å². The van der Waals surface area contributed by atoms with Gasteiger partial charge >= 0.3 is 5.97 Å². The highest BCUT2D eigenvalue weighted by molar-refractivity contribution is 5.84. The van der Waals surface area contributed by atoms with E-state index in [1.165, 1.54) is 13.0 Å². The van der Waals surface area contributed by atoms with Crippen LogP contribution < -0.4 is 5.32 Å². The molecule has 0 aliphatic heterocycles. The van der Waals surface area contributed by atoms with Gasteiger partial charge in [0.05, 0.1) is 0 Å². The van der Waals surface area contributed by atoms with Gasteiger partial charge < -0.3 is 10.4 Å². The Morgan fingerprint density at radius 2 is 1.95 bits per heavy atom. The maximum atomic E-state index is 13.4. The second-order valence-corrected chi connectivity index (χ2v) is 4.60. The highest BCUT2D eigenvalue weighted by atomic mass is 19.1. The molecule has 1 unspecified atom stereocenters. The standard InChI is InChI=1S/C14H18FNO3/c1-9(13(17)16-10(2)14(18)19)7-8-11-5-3-4-6-12(11)15/h3-6,9-10H,7-8H2,1-2H3,(H,16,17)(H,18,19)/t9?,10-/m1/s1. The molecule has 0 saturated carbocycles. The molecule has 0 spiro atoms. The van der Waals surface area contributed by atoms with E-state index >= 15 is 0 Å².